The van der Waals surface area contributed by atoms with Crippen molar-refractivity contribution in [1.29, 1.82) is 0 Å². The van der Waals surface area contributed by atoms with E-state index in [1.807, 2.05) is 33.8 Å². The highest BCUT2D eigenvalue weighted by Gasteiger charge is 2.19. The van der Waals surface area contributed by atoms with Gasteiger partial charge in [0.25, 0.3) is 0 Å². The molecular formula is C25H33N7O3. The summed E-state index contributed by atoms with van der Waals surface area (Å²) in [7, 11) is 4.77. The van der Waals surface area contributed by atoms with Crippen molar-refractivity contribution in [2.24, 2.45) is 0 Å². The Kier molecular flexibility index (Phi) is 7.09. The normalized spacial score (nSPS) is 12.2. The van der Waals surface area contributed by atoms with Crippen LogP contribution in [0.1, 0.15) is 58.3 Å². The Labute approximate surface area is 205 Å². The fraction of sp³-hybridized carbons (Fsp3) is 0.440. The lowest BCUT2D eigenvalue weighted by molar-refractivity contribution is 0.324. The van der Waals surface area contributed by atoms with E-state index in [1.165, 1.54) is 0 Å². The number of benzene rings is 1. The first kappa shape index (κ1) is 24.3. The number of nitrogens with zero attached hydrogens (tertiary/aromatic N) is 6. The van der Waals surface area contributed by atoms with Crippen LogP contribution in [-0.4, -0.2) is 50.6 Å². The van der Waals surface area contributed by atoms with Gasteiger partial charge in [-0.1, -0.05) is 20.3 Å². The lowest BCUT2D eigenvalue weighted by Crippen LogP contribution is -2.08. The van der Waals surface area contributed by atoms with Gasteiger partial charge in [0, 0.05) is 24.1 Å². The maximum Gasteiger partial charge on any atom is 0.203 e. The number of nitrogens with one attached hydrogen (secondary N) is 1. The minimum atomic E-state index is 0.184. The molecule has 0 spiro atoms. The molecule has 3 aromatic heterocycles. The Balaban J connectivity index is 1.73. The van der Waals surface area contributed by atoms with E-state index in [1.54, 1.807) is 27.7 Å². The molecule has 35 heavy (non-hydrogen) atoms. The Morgan fingerprint density at radius 3 is 2.31 bits per heavy atom. The van der Waals surface area contributed by atoms with E-state index in [2.05, 4.69) is 43.1 Å². The fourth-order valence-corrected chi connectivity index (χ4v) is 4.06. The monoisotopic (exact) mass is 479 g/mol. The topological polar surface area (TPSA) is 101 Å². The van der Waals surface area contributed by atoms with Crippen LogP contribution in [0.3, 0.4) is 0 Å². The summed E-state index contributed by atoms with van der Waals surface area (Å²) in [5.41, 5.74) is 1.64. The number of aromatic nitrogens is 6. The summed E-state index contributed by atoms with van der Waals surface area (Å²) in [6.07, 6.45) is 7.49. The summed E-state index contributed by atoms with van der Waals surface area (Å²) < 4.78 is 20.2. The minimum Gasteiger partial charge on any atom is -0.493 e. The Bertz CT molecular complexity index is 1290. The molecule has 0 saturated carbocycles. The average molecular weight is 480 g/mol. The van der Waals surface area contributed by atoms with E-state index < -0.39 is 0 Å². The molecule has 0 aliphatic carbocycles. The van der Waals surface area contributed by atoms with E-state index in [0.29, 0.717) is 28.9 Å². The molecule has 0 amide bonds. The van der Waals surface area contributed by atoms with Crippen LogP contribution >= 0.6 is 0 Å². The third kappa shape index (κ3) is 4.73. The molecular weight excluding hydrogens is 446 g/mol. The van der Waals surface area contributed by atoms with Crippen molar-refractivity contribution in [3.63, 3.8) is 0 Å². The van der Waals surface area contributed by atoms with Gasteiger partial charge in [-0.2, -0.15) is 5.10 Å². The highest BCUT2D eigenvalue weighted by Crippen LogP contribution is 2.39. The third-order valence-corrected chi connectivity index (χ3v) is 5.90. The molecule has 0 aliphatic heterocycles. The van der Waals surface area contributed by atoms with E-state index in [9.17, 15) is 0 Å². The Morgan fingerprint density at radius 2 is 1.71 bits per heavy atom. The minimum absolute atomic E-state index is 0.184. The van der Waals surface area contributed by atoms with Crippen LogP contribution in [0.15, 0.2) is 30.9 Å². The summed E-state index contributed by atoms with van der Waals surface area (Å²) in [6, 6.07) is 3.92. The number of methoxy groups -OCH3 is 3. The van der Waals surface area contributed by atoms with Crippen molar-refractivity contribution < 1.29 is 14.2 Å². The zero-order valence-electron chi connectivity index (χ0n) is 21.4. The highest BCUT2D eigenvalue weighted by molar-refractivity contribution is 5.88. The van der Waals surface area contributed by atoms with Gasteiger partial charge in [-0.05, 0) is 20.3 Å². The number of imidazole rings is 1. The van der Waals surface area contributed by atoms with Crippen LogP contribution in [0.2, 0.25) is 0 Å². The number of hydrogen-bond acceptors (Lipinski definition) is 8. The quantitative estimate of drug-likeness (QED) is 0.328. The number of hydrogen-bond donors (Lipinski definition) is 1. The second-order valence-electron chi connectivity index (χ2n) is 8.72. The van der Waals surface area contributed by atoms with Gasteiger partial charge >= 0.3 is 0 Å². The Morgan fingerprint density at radius 1 is 1.00 bits per heavy atom. The largest absolute Gasteiger partial charge is 0.493 e. The highest BCUT2D eigenvalue weighted by atomic mass is 16.5. The molecule has 0 saturated heterocycles. The second kappa shape index (κ2) is 10.2. The first-order valence-corrected chi connectivity index (χ1v) is 11.8. The van der Waals surface area contributed by atoms with Crippen LogP contribution in [-0.2, 0) is 0 Å². The van der Waals surface area contributed by atoms with Gasteiger partial charge in [0.1, 0.15) is 23.8 Å². The molecule has 186 valence electrons. The first-order chi connectivity index (χ1) is 16.9. The molecule has 1 N–H and O–H groups in total. The molecule has 1 aromatic carbocycles. The standard InChI is InChI=1S/C25H33N7O3/c1-8-9-16(4)23-29-24(18-12-27-32(15(2)3)25(18)30-23)28-21-13-31(14-26-21)17-10-19(33-5)22(35-7)20(11-17)34-6/h10-16H,8-9H2,1-7H3,(H,28,29,30). The van der Waals surface area contributed by atoms with E-state index in [0.717, 1.165) is 35.4 Å². The SMILES string of the molecule is CCCC(C)c1nc(Nc2cn(-c3cc(OC)c(OC)c(OC)c3)cn2)c2cnn(C(C)C)c2n1. The zero-order valence-corrected chi connectivity index (χ0v) is 21.4. The summed E-state index contributed by atoms with van der Waals surface area (Å²) in [4.78, 5) is 14.3. The molecule has 0 fully saturated rings. The van der Waals surface area contributed by atoms with Crippen molar-refractivity contribution >= 4 is 22.7 Å². The smallest absolute Gasteiger partial charge is 0.203 e. The van der Waals surface area contributed by atoms with Gasteiger partial charge < -0.3 is 24.1 Å². The van der Waals surface area contributed by atoms with Gasteiger partial charge in [-0.15, -0.1) is 0 Å². The molecule has 1 atom stereocenters. The van der Waals surface area contributed by atoms with Gasteiger partial charge in [-0.3, -0.25) is 0 Å². The molecule has 0 aliphatic rings. The van der Waals surface area contributed by atoms with Gasteiger partial charge in [0.05, 0.1) is 44.8 Å². The lowest BCUT2D eigenvalue weighted by Gasteiger charge is -2.14. The number of fused-ring (bicyclic) bond motifs is 1. The molecule has 10 heteroatoms. The number of ether oxygens (including phenoxy) is 3. The molecule has 10 nitrogen and oxygen atoms in total. The molecule has 3 heterocycles. The number of anilines is 2. The van der Waals surface area contributed by atoms with Crippen LogP contribution < -0.4 is 19.5 Å². The zero-order chi connectivity index (χ0) is 25.1. The van der Waals surface area contributed by atoms with Gasteiger partial charge in [0.2, 0.25) is 5.75 Å². The Hall–Kier alpha value is -3.82. The lowest BCUT2D eigenvalue weighted by atomic mass is 10.1. The summed E-state index contributed by atoms with van der Waals surface area (Å²) in [6.45, 7) is 8.51. The van der Waals surface area contributed by atoms with Crippen molar-refractivity contribution in [2.75, 3.05) is 26.6 Å². The summed E-state index contributed by atoms with van der Waals surface area (Å²) in [5, 5.41) is 8.80. The molecule has 1 unspecified atom stereocenters. The molecule has 4 aromatic rings. The van der Waals surface area contributed by atoms with Crippen LogP contribution in [0.25, 0.3) is 16.7 Å². The van der Waals surface area contributed by atoms with Crippen molar-refractivity contribution in [3.05, 3.63) is 36.7 Å². The maximum absolute atomic E-state index is 5.49. The van der Waals surface area contributed by atoms with Crippen LogP contribution in [0.5, 0.6) is 17.2 Å². The van der Waals surface area contributed by atoms with Crippen molar-refractivity contribution in [2.45, 2.75) is 52.5 Å². The van der Waals surface area contributed by atoms with E-state index >= 15 is 0 Å². The second-order valence-corrected chi connectivity index (χ2v) is 8.72. The predicted octanol–water partition coefficient (Wildman–Crippen LogP) is 5.27. The first-order valence-electron chi connectivity index (χ1n) is 11.8. The third-order valence-electron chi connectivity index (χ3n) is 5.90. The summed E-state index contributed by atoms with van der Waals surface area (Å²) >= 11 is 0. The average Bonchev–Trinajstić information content (AvgIpc) is 3.50. The number of rotatable bonds is 10. The molecule has 0 bridgehead atoms. The van der Waals surface area contributed by atoms with Gasteiger partial charge in [-0.25, -0.2) is 19.6 Å². The van der Waals surface area contributed by atoms with E-state index in [4.69, 9.17) is 24.2 Å². The van der Waals surface area contributed by atoms with Crippen LogP contribution in [0.4, 0.5) is 11.6 Å². The molecule has 0 radical (unpaired) electrons. The predicted molar refractivity (Wildman–Crippen MR) is 136 cm³/mol. The molecule has 4 rings (SSSR count). The van der Waals surface area contributed by atoms with Crippen molar-refractivity contribution in [1.82, 2.24) is 29.3 Å². The van der Waals surface area contributed by atoms with Crippen molar-refractivity contribution in [3.8, 4) is 22.9 Å². The van der Waals surface area contributed by atoms with Crippen LogP contribution in [0, 0.1) is 0 Å². The fourth-order valence-electron chi connectivity index (χ4n) is 4.06. The van der Waals surface area contributed by atoms with E-state index in [-0.39, 0.29) is 12.0 Å². The van der Waals surface area contributed by atoms with Gasteiger partial charge in [0.15, 0.2) is 17.1 Å². The maximum atomic E-state index is 5.49. The summed E-state index contributed by atoms with van der Waals surface area (Å²) in [5.74, 6) is 4.04.